The number of benzene rings is 1. The van der Waals surface area contributed by atoms with Gasteiger partial charge in [-0.2, -0.15) is 0 Å². The van der Waals surface area contributed by atoms with Gasteiger partial charge in [-0.05, 0) is 43.5 Å². The summed E-state index contributed by atoms with van der Waals surface area (Å²) in [4.78, 5) is 0. The average Bonchev–Trinajstić information content (AvgIpc) is 2.77. The molecule has 0 amide bonds. The van der Waals surface area contributed by atoms with Gasteiger partial charge in [-0.3, -0.25) is 4.72 Å². The van der Waals surface area contributed by atoms with E-state index in [1.165, 1.54) is 0 Å². The number of nitrogens with one attached hydrogen (secondary N) is 1. The second-order valence-electron chi connectivity index (χ2n) is 4.62. The first kappa shape index (κ1) is 12.2. The highest BCUT2D eigenvalue weighted by atomic mass is 32.2. The van der Waals surface area contributed by atoms with Crippen LogP contribution in [0.15, 0.2) is 18.2 Å². The summed E-state index contributed by atoms with van der Waals surface area (Å²) in [5, 5.41) is -0.236. The molecule has 0 unspecified atom stereocenters. The summed E-state index contributed by atoms with van der Waals surface area (Å²) in [7, 11) is -3.23. The fourth-order valence-corrected chi connectivity index (χ4v) is 3.76. The van der Waals surface area contributed by atoms with E-state index in [-0.39, 0.29) is 5.25 Å². The monoisotopic (exact) mass is 254 g/mol. The van der Waals surface area contributed by atoms with Crippen LogP contribution in [0.4, 0.5) is 11.4 Å². The van der Waals surface area contributed by atoms with E-state index in [9.17, 15) is 8.42 Å². The second-order valence-corrected chi connectivity index (χ2v) is 6.59. The van der Waals surface area contributed by atoms with Gasteiger partial charge in [-0.1, -0.05) is 12.8 Å². The van der Waals surface area contributed by atoms with Gasteiger partial charge in [-0.15, -0.1) is 0 Å². The molecule has 1 aromatic rings. The van der Waals surface area contributed by atoms with Crippen LogP contribution in [0.25, 0.3) is 0 Å². The van der Waals surface area contributed by atoms with E-state index < -0.39 is 10.0 Å². The molecule has 0 radical (unpaired) electrons. The lowest BCUT2D eigenvalue weighted by Crippen LogP contribution is -2.25. The lowest BCUT2D eigenvalue weighted by molar-refractivity contribution is 0.585. The molecule has 0 aliphatic heterocycles. The maximum absolute atomic E-state index is 12.1. The molecule has 2 rings (SSSR count). The van der Waals surface area contributed by atoms with E-state index in [1.54, 1.807) is 18.2 Å². The van der Waals surface area contributed by atoms with Crippen molar-refractivity contribution in [2.75, 3.05) is 10.5 Å². The zero-order valence-corrected chi connectivity index (χ0v) is 10.8. The number of aryl methyl sites for hydroxylation is 1. The van der Waals surface area contributed by atoms with Crippen LogP contribution in [-0.2, 0) is 10.0 Å². The molecule has 0 spiro atoms. The Balaban J connectivity index is 2.17. The minimum absolute atomic E-state index is 0.236. The van der Waals surface area contributed by atoms with Crippen molar-refractivity contribution in [2.24, 2.45) is 0 Å². The molecule has 0 aromatic heterocycles. The van der Waals surface area contributed by atoms with Gasteiger partial charge in [0.2, 0.25) is 10.0 Å². The molecule has 4 nitrogen and oxygen atoms in total. The number of hydrogen-bond donors (Lipinski definition) is 2. The van der Waals surface area contributed by atoms with Crippen LogP contribution >= 0.6 is 0 Å². The molecule has 1 fully saturated rings. The normalized spacial score (nSPS) is 17.2. The van der Waals surface area contributed by atoms with Crippen molar-refractivity contribution < 1.29 is 8.42 Å². The molecule has 1 aliphatic rings. The van der Waals surface area contributed by atoms with Crippen LogP contribution in [0.3, 0.4) is 0 Å². The Morgan fingerprint density at radius 1 is 1.29 bits per heavy atom. The third kappa shape index (κ3) is 2.72. The first-order valence-corrected chi connectivity index (χ1v) is 7.41. The van der Waals surface area contributed by atoms with Crippen LogP contribution in [0.2, 0.25) is 0 Å². The number of nitrogen functional groups attached to an aromatic ring is 1. The summed E-state index contributed by atoms with van der Waals surface area (Å²) < 4.78 is 26.8. The molecule has 5 heteroatoms. The van der Waals surface area contributed by atoms with Crippen LogP contribution in [0, 0.1) is 6.92 Å². The fraction of sp³-hybridized carbons (Fsp3) is 0.500. The van der Waals surface area contributed by atoms with Crippen LogP contribution in [0.1, 0.15) is 31.2 Å². The summed E-state index contributed by atoms with van der Waals surface area (Å²) in [5.74, 6) is 0. The first-order valence-electron chi connectivity index (χ1n) is 5.87. The minimum Gasteiger partial charge on any atom is -0.399 e. The Labute approximate surface area is 102 Å². The zero-order valence-electron chi connectivity index (χ0n) is 9.94. The lowest BCUT2D eigenvalue weighted by atomic mass is 10.2. The quantitative estimate of drug-likeness (QED) is 0.813. The predicted molar refractivity (Wildman–Crippen MR) is 70.4 cm³/mol. The van der Waals surface area contributed by atoms with Gasteiger partial charge in [0.1, 0.15) is 0 Å². The van der Waals surface area contributed by atoms with E-state index in [1.807, 2.05) is 6.92 Å². The van der Waals surface area contributed by atoms with Crippen molar-refractivity contribution in [3.05, 3.63) is 23.8 Å². The van der Waals surface area contributed by atoms with E-state index >= 15 is 0 Å². The topological polar surface area (TPSA) is 72.2 Å². The van der Waals surface area contributed by atoms with Crippen molar-refractivity contribution in [3.8, 4) is 0 Å². The zero-order chi connectivity index (χ0) is 12.5. The molecule has 0 heterocycles. The fourth-order valence-electron chi connectivity index (χ4n) is 2.19. The smallest absolute Gasteiger partial charge is 0.235 e. The average molecular weight is 254 g/mol. The predicted octanol–water partition coefficient (Wildman–Crippen LogP) is 2.26. The Morgan fingerprint density at radius 2 is 1.94 bits per heavy atom. The van der Waals surface area contributed by atoms with Crippen LogP contribution in [0.5, 0.6) is 0 Å². The Kier molecular flexibility index (Phi) is 3.28. The van der Waals surface area contributed by atoms with Crippen LogP contribution in [-0.4, -0.2) is 13.7 Å². The SMILES string of the molecule is Cc1cc(NS(=O)(=O)C2CCCC2)ccc1N. The Morgan fingerprint density at radius 3 is 2.53 bits per heavy atom. The Bertz CT molecular complexity index is 505. The van der Waals surface area contributed by atoms with Crippen molar-refractivity contribution in [1.29, 1.82) is 0 Å². The largest absolute Gasteiger partial charge is 0.399 e. The van der Waals surface area contributed by atoms with Crippen molar-refractivity contribution >= 4 is 21.4 Å². The molecule has 1 aromatic carbocycles. The molecule has 94 valence electrons. The molecule has 17 heavy (non-hydrogen) atoms. The number of nitrogens with two attached hydrogens (primary N) is 1. The third-order valence-corrected chi connectivity index (χ3v) is 5.14. The van der Waals surface area contributed by atoms with E-state index in [2.05, 4.69) is 4.72 Å². The van der Waals surface area contributed by atoms with Gasteiger partial charge in [-0.25, -0.2) is 8.42 Å². The summed E-state index contributed by atoms with van der Waals surface area (Å²) in [6.07, 6.45) is 3.55. The third-order valence-electron chi connectivity index (χ3n) is 3.27. The summed E-state index contributed by atoms with van der Waals surface area (Å²) in [5.41, 5.74) is 7.86. The number of rotatable bonds is 3. The van der Waals surface area contributed by atoms with Crippen molar-refractivity contribution in [3.63, 3.8) is 0 Å². The molecule has 0 bridgehead atoms. The highest BCUT2D eigenvalue weighted by Crippen LogP contribution is 2.26. The maximum atomic E-state index is 12.1. The number of hydrogen-bond acceptors (Lipinski definition) is 3. The van der Waals surface area contributed by atoms with Crippen molar-refractivity contribution in [1.82, 2.24) is 0 Å². The molecule has 1 saturated carbocycles. The maximum Gasteiger partial charge on any atom is 0.235 e. The Hall–Kier alpha value is -1.23. The molecule has 0 saturated heterocycles. The highest BCUT2D eigenvalue weighted by Gasteiger charge is 2.28. The van der Waals surface area contributed by atoms with Gasteiger partial charge < -0.3 is 5.73 Å². The number of sulfonamides is 1. The molecule has 0 atom stereocenters. The molecular weight excluding hydrogens is 236 g/mol. The molecule has 3 N–H and O–H groups in total. The van der Waals surface area contributed by atoms with Crippen molar-refractivity contribution in [2.45, 2.75) is 37.9 Å². The van der Waals surface area contributed by atoms with E-state index in [0.29, 0.717) is 11.4 Å². The molecular formula is C12H18N2O2S. The molecule has 1 aliphatic carbocycles. The van der Waals surface area contributed by atoms with Gasteiger partial charge in [0.05, 0.1) is 5.25 Å². The summed E-state index contributed by atoms with van der Waals surface area (Å²) >= 11 is 0. The number of anilines is 2. The summed E-state index contributed by atoms with van der Waals surface area (Å²) in [6.45, 7) is 1.86. The van der Waals surface area contributed by atoms with Crippen LogP contribution < -0.4 is 10.5 Å². The second kappa shape index (κ2) is 4.56. The van der Waals surface area contributed by atoms with E-state index in [0.717, 1.165) is 31.2 Å². The highest BCUT2D eigenvalue weighted by molar-refractivity contribution is 7.93. The van der Waals surface area contributed by atoms with Gasteiger partial charge in [0.15, 0.2) is 0 Å². The summed E-state index contributed by atoms with van der Waals surface area (Å²) in [6, 6.07) is 5.19. The lowest BCUT2D eigenvalue weighted by Gasteiger charge is -2.14. The van der Waals surface area contributed by atoms with Gasteiger partial charge in [0.25, 0.3) is 0 Å². The minimum atomic E-state index is -3.23. The van der Waals surface area contributed by atoms with E-state index in [4.69, 9.17) is 5.73 Å². The standard InChI is InChI=1S/C12H18N2O2S/c1-9-8-10(6-7-12(9)13)14-17(15,16)11-4-2-3-5-11/h6-8,11,14H,2-5,13H2,1H3. The van der Waals surface area contributed by atoms with Gasteiger partial charge in [0, 0.05) is 11.4 Å². The first-order chi connectivity index (χ1) is 7.99. The van der Waals surface area contributed by atoms with Gasteiger partial charge >= 0.3 is 0 Å².